The highest BCUT2D eigenvalue weighted by atomic mass is 32.1. The van der Waals surface area contributed by atoms with Crippen LogP contribution in [-0.2, 0) is 25.9 Å². The molecule has 100 valence electrons. The van der Waals surface area contributed by atoms with Crippen molar-refractivity contribution in [2.24, 2.45) is 0 Å². The minimum atomic E-state index is 1.11. The fraction of sp³-hybridized carbons (Fsp3) is 0.412. The zero-order chi connectivity index (χ0) is 13.2. The van der Waals surface area contributed by atoms with Crippen LogP contribution in [0.25, 0.3) is 0 Å². The molecule has 2 heteroatoms. The van der Waals surface area contributed by atoms with Crippen molar-refractivity contribution in [3.63, 3.8) is 0 Å². The fourth-order valence-corrected chi connectivity index (χ4v) is 4.02. The lowest BCUT2D eigenvalue weighted by atomic mass is 9.99. The van der Waals surface area contributed by atoms with Gasteiger partial charge in [-0.25, -0.2) is 0 Å². The van der Waals surface area contributed by atoms with E-state index >= 15 is 0 Å². The highest BCUT2D eigenvalue weighted by molar-refractivity contribution is 7.10. The van der Waals surface area contributed by atoms with Gasteiger partial charge in [0, 0.05) is 24.5 Å². The molecule has 0 aliphatic carbocycles. The molecule has 1 aliphatic rings. The largest absolute Gasteiger partial charge is 0.294 e. The van der Waals surface area contributed by atoms with Gasteiger partial charge in [-0.3, -0.25) is 4.90 Å². The molecule has 0 bridgehead atoms. The molecule has 2 heterocycles. The van der Waals surface area contributed by atoms with E-state index in [2.05, 4.69) is 48.4 Å². The van der Waals surface area contributed by atoms with Gasteiger partial charge in [-0.15, -0.1) is 11.3 Å². The zero-order valence-electron chi connectivity index (χ0n) is 11.8. The predicted molar refractivity (Wildman–Crippen MR) is 82.7 cm³/mol. The summed E-state index contributed by atoms with van der Waals surface area (Å²) in [5.41, 5.74) is 6.17. The molecule has 0 unspecified atom stereocenters. The first-order valence-corrected chi connectivity index (χ1v) is 8.01. The molecule has 0 spiro atoms. The Kier molecular flexibility index (Phi) is 3.72. The summed E-state index contributed by atoms with van der Waals surface area (Å²) in [5.74, 6) is 0. The molecule has 0 saturated heterocycles. The molecular weight excluding hydrogens is 250 g/mol. The normalized spacial score (nSPS) is 15.5. The number of aryl methyl sites for hydroxylation is 1. The van der Waals surface area contributed by atoms with Crippen LogP contribution in [0.5, 0.6) is 0 Å². The van der Waals surface area contributed by atoms with Crippen LogP contribution in [0.4, 0.5) is 0 Å². The summed E-state index contributed by atoms with van der Waals surface area (Å²) in [6.07, 6.45) is 2.36. The maximum absolute atomic E-state index is 2.59. The van der Waals surface area contributed by atoms with Crippen LogP contribution < -0.4 is 0 Å². The maximum Gasteiger partial charge on any atom is 0.0248 e. The van der Waals surface area contributed by atoms with Crippen LogP contribution in [-0.4, -0.2) is 11.4 Å². The van der Waals surface area contributed by atoms with E-state index in [1.807, 2.05) is 11.3 Å². The summed E-state index contributed by atoms with van der Waals surface area (Å²) < 4.78 is 0. The van der Waals surface area contributed by atoms with Crippen LogP contribution in [0.1, 0.15) is 34.1 Å². The molecule has 1 aliphatic heterocycles. The molecule has 3 rings (SSSR count). The van der Waals surface area contributed by atoms with Crippen LogP contribution in [0.2, 0.25) is 0 Å². The average Bonchev–Trinajstić information content (AvgIpc) is 2.79. The standard InChI is InChI=1S/C17H21NS/c1-3-17-13(2)19-12-16(17)11-18-9-8-14-6-4-5-7-15(14)10-18/h4-7,12H,3,8-11H2,1-2H3. The van der Waals surface area contributed by atoms with Gasteiger partial charge in [-0.05, 0) is 47.4 Å². The molecule has 1 aromatic carbocycles. The van der Waals surface area contributed by atoms with E-state index < -0.39 is 0 Å². The van der Waals surface area contributed by atoms with Crippen molar-refractivity contribution < 1.29 is 0 Å². The second-order valence-corrected chi connectivity index (χ2v) is 6.46. The Bertz CT molecular complexity index is 570. The van der Waals surface area contributed by atoms with Crippen LogP contribution in [0.15, 0.2) is 29.6 Å². The number of fused-ring (bicyclic) bond motifs is 1. The molecule has 0 saturated carbocycles. The van der Waals surface area contributed by atoms with E-state index in [1.165, 1.54) is 29.0 Å². The van der Waals surface area contributed by atoms with Crippen LogP contribution in [0, 0.1) is 6.92 Å². The Hall–Kier alpha value is -1.12. The highest BCUT2D eigenvalue weighted by Crippen LogP contribution is 2.26. The molecule has 19 heavy (non-hydrogen) atoms. The highest BCUT2D eigenvalue weighted by Gasteiger charge is 2.17. The van der Waals surface area contributed by atoms with Gasteiger partial charge in [0.2, 0.25) is 0 Å². The number of rotatable bonds is 3. The SMILES string of the molecule is CCc1c(CN2CCc3ccccc3C2)csc1C. The Morgan fingerprint density at radius 1 is 1.21 bits per heavy atom. The summed E-state index contributed by atoms with van der Waals surface area (Å²) in [6.45, 7) is 7.92. The second-order valence-electron chi connectivity index (χ2n) is 5.38. The number of nitrogens with zero attached hydrogens (tertiary/aromatic N) is 1. The van der Waals surface area contributed by atoms with Crippen molar-refractivity contribution in [2.75, 3.05) is 6.54 Å². The Morgan fingerprint density at radius 2 is 2.00 bits per heavy atom. The summed E-state index contributed by atoms with van der Waals surface area (Å²) in [5, 5.41) is 2.36. The zero-order valence-corrected chi connectivity index (χ0v) is 12.6. The van der Waals surface area contributed by atoms with Gasteiger partial charge < -0.3 is 0 Å². The minimum absolute atomic E-state index is 1.11. The number of hydrogen-bond acceptors (Lipinski definition) is 2. The van der Waals surface area contributed by atoms with Gasteiger partial charge in [0.25, 0.3) is 0 Å². The van der Waals surface area contributed by atoms with Crippen molar-refractivity contribution in [1.29, 1.82) is 0 Å². The minimum Gasteiger partial charge on any atom is -0.294 e. The first-order chi connectivity index (χ1) is 9.28. The molecule has 0 N–H and O–H groups in total. The summed E-state index contributed by atoms with van der Waals surface area (Å²) >= 11 is 1.90. The molecule has 0 amide bonds. The van der Waals surface area contributed by atoms with Gasteiger partial charge >= 0.3 is 0 Å². The van der Waals surface area contributed by atoms with Gasteiger partial charge in [0.15, 0.2) is 0 Å². The van der Waals surface area contributed by atoms with E-state index in [0.717, 1.165) is 19.5 Å². The number of thiophene rings is 1. The Balaban J connectivity index is 1.75. The Labute approximate surface area is 119 Å². The van der Waals surface area contributed by atoms with Gasteiger partial charge in [-0.2, -0.15) is 0 Å². The lowest BCUT2D eigenvalue weighted by Crippen LogP contribution is -2.30. The van der Waals surface area contributed by atoms with Crippen LogP contribution >= 0.6 is 11.3 Å². The second kappa shape index (κ2) is 5.48. The Morgan fingerprint density at radius 3 is 2.79 bits per heavy atom. The molecule has 2 aromatic rings. The summed E-state index contributed by atoms with van der Waals surface area (Å²) in [4.78, 5) is 4.08. The molecule has 0 fully saturated rings. The third-order valence-electron chi connectivity index (χ3n) is 4.15. The monoisotopic (exact) mass is 271 g/mol. The first-order valence-electron chi connectivity index (χ1n) is 7.13. The molecule has 0 radical (unpaired) electrons. The van der Waals surface area contributed by atoms with Gasteiger partial charge in [-0.1, -0.05) is 31.2 Å². The van der Waals surface area contributed by atoms with E-state index in [4.69, 9.17) is 0 Å². The predicted octanol–water partition coefficient (Wildman–Crippen LogP) is 4.18. The van der Waals surface area contributed by atoms with Crippen LogP contribution in [0.3, 0.4) is 0 Å². The maximum atomic E-state index is 2.59. The van der Waals surface area contributed by atoms with Crippen molar-refractivity contribution in [3.05, 3.63) is 56.8 Å². The lowest BCUT2D eigenvalue weighted by molar-refractivity contribution is 0.245. The molecule has 1 nitrogen and oxygen atoms in total. The fourth-order valence-electron chi connectivity index (χ4n) is 3.07. The summed E-state index contributed by atoms with van der Waals surface area (Å²) in [6, 6.07) is 8.88. The molecular formula is C17H21NS. The van der Waals surface area contributed by atoms with Crippen molar-refractivity contribution in [1.82, 2.24) is 4.90 Å². The van der Waals surface area contributed by atoms with E-state index in [-0.39, 0.29) is 0 Å². The topological polar surface area (TPSA) is 3.24 Å². The average molecular weight is 271 g/mol. The lowest BCUT2D eigenvalue weighted by Gasteiger charge is -2.28. The summed E-state index contributed by atoms with van der Waals surface area (Å²) in [7, 11) is 0. The molecule has 1 aromatic heterocycles. The van der Waals surface area contributed by atoms with E-state index in [0.29, 0.717) is 0 Å². The van der Waals surface area contributed by atoms with E-state index in [9.17, 15) is 0 Å². The van der Waals surface area contributed by atoms with Crippen molar-refractivity contribution >= 4 is 11.3 Å². The number of hydrogen-bond donors (Lipinski definition) is 0. The number of benzene rings is 1. The molecule has 0 atom stereocenters. The van der Waals surface area contributed by atoms with Gasteiger partial charge in [0.05, 0.1) is 0 Å². The third-order valence-corrected chi connectivity index (χ3v) is 5.15. The van der Waals surface area contributed by atoms with Crippen molar-refractivity contribution in [3.8, 4) is 0 Å². The van der Waals surface area contributed by atoms with E-state index in [1.54, 1.807) is 11.1 Å². The third kappa shape index (κ3) is 2.60. The smallest absolute Gasteiger partial charge is 0.0248 e. The first kappa shape index (κ1) is 12.9. The quantitative estimate of drug-likeness (QED) is 0.809. The van der Waals surface area contributed by atoms with Gasteiger partial charge in [0.1, 0.15) is 0 Å². The van der Waals surface area contributed by atoms with Crippen molar-refractivity contribution in [2.45, 2.75) is 39.8 Å².